The number of pyridine rings is 1. The maximum absolute atomic E-state index is 12.8. The summed E-state index contributed by atoms with van der Waals surface area (Å²) in [5, 5.41) is 0. The quantitative estimate of drug-likeness (QED) is 0.711. The van der Waals surface area contributed by atoms with E-state index in [1.807, 2.05) is 11.6 Å². The molecule has 0 radical (unpaired) electrons. The summed E-state index contributed by atoms with van der Waals surface area (Å²) < 4.78 is 3.60. The van der Waals surface area contributed by atoms with Crippen LogP contribution >= 0.6 is 0 Å². The average molecular weight is 422 g/mol. The zero-order valence-corrected chi connectivity index (χ0v) is 19.3. The number of likely N-dealkylation sites (tertiary alicyclic amines) is 1. The number of hydrogen-bond acceptors (Lipinski definition) is 4. The standard InChI is InChI=1S/C25H35N5O/c1-25(2,3)15-30-21-7-8-22(26-23(21)27(4)24(30)31)29-14-19-11-20(29)13-28(19)12-18-10-16-5-6-17(18)9-16/h5-8,16-20H,9-15H2,1-4H3. The third-order valence-corrected chi connectivity index (χ3v) is 8.13. The molecule has 0 N–H and O–H groups in total. The molecule has 31 heavy (non-hydrogen) atoms. The Hall–Kier alpha value is -2.08. The largest absolute Gasteiger partial charge is 0.351 e. The number of nitrogens with zero attached hydrogens (tertiary/aromatic N) is 5. The van der Waals surface area contributed by atoms with Crippen LogP contribution in [0, 0.1) is 23.2 Å². The highest BCUT2D eigenvalue weighted by atomic mass is 16.1. The van der Waals surface area contributed by atoms with Gasteiger partial charge in [0.25, 0.3) is 0 Å². The van der Waals surface area contributed by atoms with Gasteiger partial charge in [-0.15, -0.1) is 0 Å². The number of rotatable bonds is 4. The van der Waals surface area contributed by atoms with E-state index in [1.54, 1.807) is 4.57 Å². The van der Waals surface area contributed by atoms with Crippen LogP contribution in [0.2, 0.25) is 0 Å². The van der Waals surface area contributed by atoms with Crippen molar-refractivity contribution in [3.63, 3.8) is 0 Å². The van der Waals surface area contributed by atoms with Gasteiger partial charge in [-0.2, -0.15) is 0 Å². The number of fused-ring (bicyclic) bond motifs is 5. The fourth-order valence-electron chi connectivity index (χ4n) is 6.71. The van der Waals surface area contributed by atoms with Crippen molar-refractivity contribution in [2.75, 3.05) is 24.5 Å². The van der Waals surface area contributed by atoms with E-state index in [4.69, 9.17) is 4.98 Å². The predicted molar refractivity (Wildman–Crippen MR) is 124 cm³/mol. The lowest BCUT2D eigenvalue weighted by molar-refractivity contribution is 0.188. The maximum atomic E-state index is 12.8. The van der Waals surface area contributed by atoms with Gasteiger partial charge >= 0.3 is 5.69 Å². The molecule has 6 rings (SSSR count). The first kappa shape index (κ1) is 19.6. The maximum Gasteiger partial charge on any atom is 0.330 e. The van der Waals surface area contributed by atoms with Gasteiger partial charge < -0.3 is 4.90 Å². The molecule has 3 fully saturated rings. The van der Waals surface area contributed by atoms with E-state index in [0.29, 0.717) is 18.6 Å². The summed E-state index contributed by atoms with van der Waals surface area (Å²) in [5.74, 6) is 3.60. The first-order chi connectivity index (χ1) is 14.8. The molecule has 166 valence electrons. The Morgan fingerprint density at radius 1 is 1.06 bits per heavy atom. The topological polar surface area (TPSA) is 46.3 Å². The Morgan fingerprint density at radius 2 is 1.90 bits per heavy atom. The predicted octanol–water partition coefficient (Wildman–Crippen LogP) is 3.26. The summed E-state index contributed by atoms with van der Waals surface area (Å²) in [7, 11) is 1.85. The molecule has 4 heterocycles. The van der Waals surface area contributed by atoms with Gasteiger partial charge in [-0.25, -0.2) is 9.78 Å². The zero-order chi connectivity index (χ0) is 21.5. The first-order valence-electron chi connectivity index (χ1n) is 12.0. The molecule has 2 aromatic heterocycles. The van der Waals surface area contributed by atoms with E-state index >= 15 is 0 Å². The van der Waals surface area contributed by atoms with Crippen molar-refractivity contribution in [2.24, 2.45) is 30.2 Å². The van der Waals surface area contributed by atoms with Gasteiger partial charge in [0.2, 0.25) is 0 Å². The number of aryl methyl sites for hydroxylation is 1. The number of hydrogen-bond donors (Lipinski definition) is 0. The zero-order valence-electron chi connectivity index (χ0n) is 19.3. The Morgan fingerprint density at radius 3 is 2.55 bits per heavy atom. The lowest BCUT2D eigenvalue weighted by Crippen LogP contribution is -2.48. The third kappa shape index (κ3) is 3.17. The molecule has 2 aliphatic carbocycles. The van der Waals surface area contributed by atoms with Crippen LogP contribution in [0.5, 0.6) is 0 Å². The number of piperazine rings is 1. The van der Waals surface area contributed by atoms with Crippen molar-refractivity contribution in [1.82, 2.24) is 19.0 Å². The van der Waals surface area contributed by atoms with Crippen LogP contribution in [0.4, 0.5) is 5.82 Å². The van der Waals surface area contributed by atoms with Crippen molar-refractivity contribution in [2.45, 2.75) is 58.7 Å². The Labute approximate surface area is 184 Å². The van der Waals surface area contributed by atoms with Gasteiger partial charge in [-0.3, -0.25) is 14.0 Å². The van der Waals surface area contributed by atoms with Gasteiger partial charge in [0, 0.05) is 45.3 Å². The number of imidazole rings is 1. The van der Waals surface area contributed by atoms with Gasteiger partial charge in [0.1, 0.15) is 5.82 Å². The molecule has 1 saturated carbocycles. The summed E-state index contributed by atoms with van der Waals surface area (Å²) in [6.45, 7) is 10.7. The molecule has 0 aromatic carbocycles. The third-order valence-electron chi connectivity index (χ3n) is 8.13. The van der Waals surface area contributed by atoms with E-state index in [1.165, 1.54) is 25.8 Å². The van der Waals surface area contributed by atoms with Crippen LogP contribution in [-0.2, 0) is 13.6 Å². The van der Waals surface area contributed by atoms with Crippen molar-refractivity contribution in [3.8, 4) is 0 Å². The van der Waals surface area contributed by atoms with Gasteiger partial charge in [-0.1, -0.05) is 32.9 Å². The van der Waals surface area contributed by atoms with Gasteiger partial charge in [0.05, 0.1) is 5.52 Å². The molecular weight excluding hydrogens is 386 g/mol. The van der Waals surface area contributed by atoms with Gasteiger partial charge in [-0.05, 0) is 54.6 Å². The molecule has 2 aliphatic heterocycles. The van der Waals surface area contributed by atoms with Crippen molar-refractivity contribution in [1.29, 1.82) is 0 Å². The van der Waals surface area contributed by atoms with Crippen molar-refractivity contribution >= 4 is 17.0 Å². The summed E-state index contributed by atoms with van der Waals surface area (Å²) >= 11 is 0. The second-order valence-corrected chi connectivity index (χ2v) is 11.7. The van der Waals surface area contributed by atoms with Gasteiger partial charge in [0.15, 0.2) is 5.65 Å². The first-order valence-corrected chi connectivity index (χ1v) is 12.0. The van der Waals surface area contributed by atoms with E-state index < -0.39 is 0 Å². The molecule has 2 aromatic rings. The second-order valence-electron chi connectivity index (χ2n) is 11.7. The average Bonchev–Trinajstić information content (AvgIpc) is 3.52. The second kappa shape index (κ2) is 6.71. The highest BCUT2D eigenvalue weighted by molar-refractivity contribution is 5.74. The minimum absolute atomic E-state index is 0.0311. The molecule has 2 saturated heterocycles. The lowest BCUT2D eigenvalue weighted by Gasteiger charge is -2.37. The van der Waals surface area contributed by atoms with Crippen molar-refractivity contribution in [3.05, 3.63) is 34.8 Å². The molecule has 0 amide bonds. The van der Waals surface area contributed by atoms with Crippen LogP contribution in [-0.4, -0.2) is 50.7 Å². The summed E-state index contributed by atoms with van der Waals surface area (Å²) in [6, 6.07) is 5.45. The van der Waals surface area contributed by atoms with E-state index in [9.17, 15) is 4.79 Å². The van der Waals surface area contributed by atoms with Crippen LogP contribution in [0.25, 0.3) is 11.2 Å². The summed E-state index contributed by atoms with van der Waals surface area (Å²) in [5.41, 5.74) is 1.83. The van der Waals surface area contributed by atoms with Crippen LogP contribution in [0.3, 0.4) is 0 Å². The van der Waals surface area contributed by atoms with Crippen LogP contribution in [0.1, 0.15) is 40.0 Å². The number of anilines is 1. The van der Waals surface area contributed by atoms with E-state index in [-0.39, 0.29) is 11.1 Å². The minimum Gasteiger partial charge on any atom is -0.351 e. The number of aromatic nitrogens is 3. The fraction of sp³-hybridized carbons (Fsp3) is 0.680. The van der Waals surface area contributed by atoms with E-state index in [2.05, 4.69) is 54.9 Å². The molecular formula is C25H35N5O. The summed E-state index contributed by atoms with van der Waals surface area (Å²) in [4.78, 5) is 23.1. The van der Waals surface area contributed by atoms with Crippen LogP contribution in [0.15, 0.2) is 29.1 Å². The molecule has 5 atom stereocenters. The minimum atomic E-state index is 0.0311. The van der Waals surface area contributed by atoms with Crippen LogP contribution < -0.4 is 10.6 Å². The monoisotopic (exact) mass is 421 g/mol. The SMILES string of the molecule is Cn1c(=O)n(CC(C)(C)C)c2ccc(N3CC4CC3CN4CC3CC4C=CC3C4)nc21. The molecule has 0 spiro atoms. The highest BCUT2D eigenvalue weighted by Gasteiger charge is 2.46. The number of allylic oxidation sites excluding steroid dienone is 2. The molecule has 5 unspecified atom stereocenters. The highest BCUT2D eigenvalue weighted by Crippen LogP contribution is 2.45. The summed E-state index contributed by atoms with van der Waals surface area (Å²) in [6.07, 6.45) is 8.98. The molecule has 4 bridgehead atoms. The molecule has 4 aliphatic rings. The van der Waals surface area contributed by atoms with Crippen molar-refractivity contribution < 1.29 is 0 Å². The fourth-order valence-corrected chi connectivity index (χ4v) is 6.71. The normalized spacial score (nSPS) is 32.3. The Bertz CT molecular complexity index is 1110. The smallest absolute Gasteiger partial charge is 0.330 e. The molecule has 6 nitrogen and oxygen atoms in total. The Kier molecular flexibility index (Phi) is 4.24. The Balaban J connectivity index is 1.21. The lowest BCUT2D eigenvalue weighted by atomic mass is 9.93. The molecule has 6 heteroatoms. The van der Waals surface area contributed by atoms with E-state index in [0.717, 1.165) is 47.8 Å².